The van der Waals surface area contributed by atoms with Gasteiger partial charge in [0.25, 0.3) is 10.2 Å². The van der Waals surface area contributed by atoms with Crippen molar-refractivity contribution in [2.45, 2.75) is 51.0 Å². The van der Waals surface area contributed by atoms with Crippen molar-refractivity contribution in [3.05, 3.63) is 0 Å². The lowest BCUT2D eigenvalue weighted by Gasteiger charge is -2.34. The van der Waals surface area contributed by atoms with E-state index in [0.717, 1.165) is 12.8 Å². The summed E-state index contributed by atoms with van der Waals surface area (Å²) in [5.74, 6) is 0. The van der Waals surface area contributed by atoms with E-state index in [2.05, 4.69) is 5.32 Å². The maximum atomic E-state index is 12.2. The molecule has 1 saturated heterocycles. The maximum Gasteiger partial charge on any atom is 0.317 e. The average molecular weight is 318 g/mol. The molecule has 2 amide bonds. The lowest BCUT2D eigenvalue weighted by molar-refractivity contribution is 0.167. The summed E-state index contributed by atoms with van der Waals surface area (Å²) in [5, 5.41) is 8.19. The minimum absolute atomic E-state index is 0.0744. The molecule has 1 saturated carbocycles. The molecule has 0 unspecified atom stereocenters. The van der Waals surface area contributed by atoms with Crippen LogP contribution in [0.2, 0.25) is 0 Å². The normalized spacial score (nSPS) is 23.4. The summed E-state index contributed by atoms with van der Waals surface area (Å²) in [4.78, 5) is 13.9. The van der Waals surface area contributed by atoms with Gasteiger partial charge in [-0.2, -0.15) is 12.7 Å². The van der Waals surface area contributed by atoms with E-state index in [1.807, 2.05) is 0 Å². The largest absolute Gasteiger partial charge is 0.335 e. The van der Waals surface area contributed by atoms with Gasteiger partial charge in [0.1, 0.15) is 0 Å². The predicted molar refractivity (Wildman–Crippen MR) is 80.9 cm³/mol. The average Bonchev–Trinajstić information content (AvgIpc) is 2.41. The Bertz CT molecular complexity index is 438. The molecule has 0 radical (unpaired) electrons. The Morgan fingerprint density at radius 1 is 0.952 bits per heavy atom. The monoisotopic (exact) mass is 318 g/mol. The Morgan fingerprint density at radius 2 is 1.48 bits per heavy atom. The van der Waals surface area contributed by atoms with Gasteiger partial charge < -0.3 is 10.2 Å². The Kier molecular flexibility index (Phi) is 5.83. The van der Waals surface area contributed by atoms with Crippen molar-refractivity contribution in [2.75, 3.05) is 26.2 Å². The summed E-state index contributed by atoms with van der Waals surface area (Å²) in [5.41, 5.74) is 0. The maximum absolute atomic E-state index is 12.2. The van der Waals surface area contributed by atoms with Gasteiger partial charge in [0.15, 0.2) is 0 Å². The van der Waals surface area contributed by atoms with Crippen LogP contribution in [0.1, 0.15) is 44.9 Å². The van der Waals surface area contributed by atoms with Gasteiger partial charge in [0, 0.05) is 32.2 Å². The van der Waals surface area contributed by atoms with Crippen LogP contribution in [0, 0.1) is 0 Å². The van der Waals surface area contributed by atoms with Gasteiger partial charge in [-0.15, -0.1) is 0 Å². The third-order valence-electron chi connectivity index (χ3n) is 4.32. The van der Waals surface area contributed by atoms with E-state index in [-0.39, 0.29) is 25.2 Å². The summed E-state index contributed by atoms with van der Waals surface area (Å²) in [6, 6.07) is 0.184. The zero-order chi connectivity index (χ0) is 15.3. The van der Waals surface area contributed by atoms with E-state index < -0.39 is 10.2 Å². The second kappa shape index (κ2) is 7.42. The number of hydrogen-bond acceptors (Lipinski definition) is 3. The Labute approximate surface area is 127 Å². The number of carbonyl (C=O) groups is 1. The first-order valence-corrected chi connectivity index (χ1v) is 9.30. The zero-order valence-corrected chi connectivity index (χ0v) is 13.3. The minimum Gasteiger partial charge on any atom is -0.335 e. The van der Waals surface area contributed by atoms with Gasteiger partial charge in [0.05, 0.1) is 0 Å². The number of amides is 2. The van der Waals surface area contributed by atoms with Crippen LogP contribution in [-0.4, -0.2) is 55.9 Å². The third-order valence-corrected chi connectivity index (χ3v) is 5.40. The first-order valence-electron chi connectivity index (χ1n) is 7.80. The molecule has 21 heavy (non-hydrogen) atoms. The van der Waals surface area contributed by atoms with Gasteiger partial charge >= 0.3 is 6.03 Å². The van der Waals surface area contributed by atoms with Crippen LogP contribution in [-0.2, 0) is 10.2 Å². The molecule has 1 heterocycles. The molecule has 0 aromatic carbocycles. The van der Waals surface area contributed by atoms with Crippen molar-refractivity contribution in [1.29, 1.82) is 0 Å². The molecule has 3 N–H and O–H groups in total. The molecule has 0 aromatic heterocycles. The van der Waals surface area contributed by atoms with E-state index in [1.54, 1.807) is 4.90 Å². The smallest absolute Gasteiger partial charge is 0.317 e. The lowest BCUT2D eigenvalue weighted by Crippen LogP contribution is -2.55. The molecule has 2 fully saturated rings. The van der Waals surface area contributed by atoms with Crippen molar-refractivity contribution in [3.63, 3.8) is 0 Å². The number of piperazine rings is 1. The van der Waals surface area contributed by atoms with Crippen LogP contribution in [0.3, 0.4) is 0 Å². The summed E-state index contributed by atoms with van der Waals surface area (Å²) in [6.07, 6.45) is 8.23. The number of carbonyl (C=O) groups excluding carboxylic acids is 1. The highest BCUT2D eigenvalue weighted by molar-refractivity contribution is 7.86. The zero-order valence-electron chi connectivity index (χ0n) is 12.5. The standard InChI is InChI=1S/C13H26N4O3S/c14-21(19,20)17-10-8-16(9-11-17)13(18)15-12-6-4-2-1-3-5-7-12/h12H,1-11H2,(H,15,18)(H2,14,19,20). The molecule has 2 rings (SSSR count). The van der Waals surface area contributed by atoms with E-state index >= 15 is 0 Å². The van der Waals surface area contributed by atoms with Crippen molar-refractivity contribution in [2.24, 2.45) is 5.14 Å². The molecule has 1 aliphatic carbocycles. The number of nitrogens with one attached hydrogen (secondary N) is 1. The summed E-state index contributed by atoms with van der Waals surface area (Å²) >= 11 is 0. The van der Waals surface area contributed by atoms with Crippen molar-refractivity contribution < 1.29 is 13.2 Å². The van der Waals surface area contributed by atoms with Crippen molar-refractivity contribution in [3.8, 4) is 0 Å². The lowest BCUT2D eigenvalue weighted by atomic mass is 9.97. The molecule has 0 bridgehead atoms. The van der Waals surface area contributed by atoms with Crippen LogP contribution in [0.25, 0.3) is 0 Å². The highest BCUT2D eigenvalue weighted by Crippen LogP contribution is 2.17. The second-order valence-electron chi connectivity index (χ2n) is 5.92. The molecule has 0 aromatic rings. The topological polar surface area (TPSA) is 95.7 Å². The molecular formula is C13H26N4O3S. The highest BCUT2D eigenvalue weighted by atomic mass is 32.2. The van der Waals surface area contributed by atoms with E-state index in [0.29, 0.717) is 13.1 Å². The summed E-state index contributed by atoms with van der Waals surface area (Å²) in [6.45, 7) is 1.35. The molecular weight excluding hydrogens is 292 g/mol. The van der Waals surface area contributed by atoms with Gasteiger partial charge in [-0.25, -0.2) is 9.93 Å². The van der Waals surface area contributed by atoms with Crippen molar-refractivity contribution >= 4 is 16.2 Å². The number of rotatable bonds is 2. The Hall–Kier alpha value is -0.860. The van der Waals surface area contributed by atoms with Gasteiger partial charge in [-0.3, -0.25) is 0 Å². The fourth-order valence-corrected chi connectivity index (χ4v) is 3.68. The first-order chi connectivity index (χ1) is 9.97. The Balaban J connectivity index is 1.78. The molecule has 2 aliphatic rings. The van der Waals surface area contributed by atoms with Crippen molar-refractivity contribution in [1.82, 2.24) is 14.5 Å². The highest BCUT2D eigenvalue weighted by Gasteiger charge is 2.27. The number of urea groups is 1. The fraction of sp³-hybridized carbons (Fsp3) is 0.923. The van der Waals surface area contributed by atoms with Crippen LogP contribution < -0.4 is 10.5 Å². The van der Waals surface area contributed by atoms with Gasteiger partial charge in [-0.1, -0.05) is 32.1 Å². The third kappa shape index (κ3) is 5.12. The van der Waals surface area contributed by atoms with Crippen LogP contribution >= 0.6 is 0 Å². The predicted octanol–water partition coefficient (Wildman–Crippen LogP) is 0.630. The molecule has 0 atom stereocenters. The number of hydrogen-bond donors (Lipinski definition) is 2. The molecule has 122 valence electrons. The van der Waals surface area contributed by atoms with E-state index in [1.165, 1.54) is 36.4 Å². The summed E-state index contributed by atoms with van der Waals surface area (Å²) < 4.78 is 23.7. The fourth-order valence-electron chi connectivity index (χ4n) is 3.01. The van der Waals surface area contributed by atoms with Crippen LogP contribution in [0.4, 0.5) is 4.79 Å². The van der Waals surface area contributed by atoms with E-state index in [4.69, 9.17) is 5.14 Å². The molecule has 7 nitrogen and oxygen atoms in total. The van der Waals surface area contributed by atoms with Crippen LogP contribution in [0.15, 0.2) is 0 Å². The van der Waals surface area contributed by atoms with E-state index in [9.17, 15) is 13.2 Å². The molecule has 8 heteroatoms. The SMILES string of the molecule is NS(=O)(=O)N1CCN(C(=O)NC2CCCCCCC2)CC1. The van der Waals surface area contributed by atoms with Crippen LogP contribution in [0.5, 0.6) is 0 Å². The second-order valence-corrected chi connectivity index (χ2v) is 7.47. The summed E-state index contributed by atoms with van der Waals surface area (Å²) in [7, 11) is -3.64. The van der Waals surface area contributed by atoms with Gasteiger partial charge in [-0.05, 0) is 12.8 Å². The molecule has 0 spiro atoms. The quantitative estimate of drug-likeness (QED) is 0.781. The number of nitrogens with zero attached hydrogens (tertiary/aromatic N) is 2. The minimum atomic E-state index is -3.64. The van der Waals surface area contributed by atoms with Gasteiger partial charge in [0.2, 0.25) is 0 Å². The number of nitrogens with two attached hydrogens (primary N) is 1. The first kappa shape index (κ1) is 16.5. The molecule has 1 aliphatic heterocycles. The Morgan fingerprint density at radius 3 is 2.00 bits per heavy atom.